The van der Waals surface area contributed by atoms with Crippen molar-refractivity contribution in [3.05, 3.63) is 71.8 Å². The number of carbonyl (C=O) groups excluding carboxylic acids is 2. The summed E-state index contributed by atoms with van der Waals surface area (Å²) in [4.78, 5) is 27.0. The molecule has 0 spiro atoms. The quantitative estimate of drug-likeness (QED) is 0.590. The predicted octanol–water partition coefficient (Wildman–Crippen LogP) is 4.47. The first kappa shape index (κ1) is 20.0. The maximum atomic E-state index is 12.7. The second kappa shape index (κ2) is 8.57. The molecule has 1 unspecified atom stereocenters. The Morgan fingerprint density at radius 1 is 1.03 bits per heavy atom. The Morgan fingerprint density at radius 3 is 2.63 bits per heavy atom. The maximum absolute atomic E-state index is 12.7. The van der Waals surface area contributed by atoms with E-state index >= 15 is 0 Å². The second-order valence-corrected chi connectivity index (χ2v) is 7.58. The molecule has 5 heteroatoms. The molecule has 1 atom stereocenters. The fraction of sp³-hybridized carbons (Fsp3) is 0.280. The monoisotopic (exact) mass is 403 g/mol. The normalized spacial score (nSPS) is 14.1. The van der Waals surface area contributed by atoms with Gasteiger partial charge in [-0.25, -0.2) is 0 Å². The first-order chi connectivity index (χ1) is 14.6. The highest BCUT2D eigenvalue weighted by Crippen LogP contribution is 2.28. The number of hydrogen-bond acceptors (Lipinski definition) is 4. The summed E-state index contributed by atoms with van der Waals surface area (Å²) < 4.78 is 10.6. The fourth-order valence-electron chi connectivity index (χ4n) is 3.90. The lowest BCUT2D eigenvalue weighted by Crippen LogP contribution is -2.38. The van der Waals surface area contributed by atoms with Crippen LogP contribution in [0.3, 0.4) is 0 Å². The zero-order chi connectivity index (χ0) is 21.1. The minimum atomic E-state index is -0.460. The van der Waals surface area contributed by atoms with E-state index in [1.54, 1.807) is 18.9 Å². The highest BCUT2D eigenvalue weighted by atomic mass is 16.5. The first-order valence-electron chi connectivity index (χ1n) is 10.2. The molecule has 0 bridgehead atoms. The van der Waals surface area contributed by atoms with Crippen molar-refractivity contribution in [2.45, 2.75) is 25.7 Å². The summed E-state index contributed by atoms with van der Waals surface area (Å²) in [7, 11) is 1.64. The van der Waals surface area contributed by atoms with Gasteiger partial charge in [0.25, 0.3) is 5.91 Å². The summed E-state index contributed by atoms with van der Waals surface area (Å²) in [6, 6.07) is 19.6. The van der Waals surface area contributed by atoms with E-state index in [2.05, 4.69) is 0 Å². The van der Waals surface area contributed by atoms with Gasteiger partial charge in [0.1, 0.15) is 5.75 Å². The minimum Gasteiger partial charge on any atom is -0.497 e. The SMILES string of the molecule is COc1ccc2cc(C(C)C(=O)OCC(=O)N3CCCc4ccccc43)ccc2c1. The van der Waals surface area contributed by atoms with E-state index in [1.807, 2.05) is 60.7 Å². The average Bonchev–Trinajstić information content (AvgIpc) is 2.80. The van der Waals surface area contributed by atoms with Crippen molar-refractivity contribution in [1.29, 1.82) is 0 Å². The molecule has 5 nitrogen and oxygen atoms in total. The number of para-hydroxylation sites is 1. The topological polar surface area (TPSA) is 55.8 Å². The molecule has 30 heavy (non-hydrogen) atoms. The molecule has 0 radical (unpaired) electrons. The number of ether oxygens (including phenoxy) is 2. The number of anilines is 1. The number of nitrogens with zero attached hydrogens (tertiary/aromatic N) is 1. The molecular weight excluding hydrogens is 378 g/mol. The number of fused-ring (bicyclic) bond motifs is 2. The molecular formula is C25H25NO4. The lowest BCUT2D eigenvalue weighted by Gasteiger charge is -2.29. The molecule has 3 aromatic rings. The van der Waals surface area contributed by atoms with Crippen LogP contribution in [0, 0.1) is 0 Å². The van der Waals surface area contributed by atoms with Crippen molar-refractivity contribution in [2.24, 2.45) is 0 Å². The molecule has 154 valence electrons. The third-order valence-electron chi connectivity index (χ3n) is 5.67. The Labute approximate surface area is 176 Å². The van der Waals surface area contributed by atoms with Crippen LogP contribution in [0.25, 0.3) is 10.8 Å². The van der Waals surface area contributed by atoms with E-state index in [0.717, 1.165) is 46.2 Å². The second-order valence-electron chi connectivity index (χ2n) is 7.58. The van der Waals surface area contributed by atoms with E-state index in [4.69, 9.17) is 9.47 Å². The summed E-state index contributed by atoms with van der Waals surface area (Å²) in [6.45, 7) is 2.20. The molecule has 0 aromatic heterocycles. The van der Waals surface area contributed by atoms with Gasteiger partial charge in [0.15, 0.2) is 6.61 Å². The van der Waals surface area contributed by atoms with Crippen LogP contribution >= 0.6 is 0 Å². The summed E-state index contributed by atoms with van der Waals surface area (Å²) in [5, 5.41) is 2.06. The number of methoxy groups -OCH3 is 1. The van der Waals surface area contributed by atoms with Crippen molar-refractivity contribution in [3.63, 3.8) is 0 Å². The van der Waals surface area contributed by atoms with Crippen molar-refractivity contribution >= 4 is 28.3 Å². The van der Waals surface area contributed by atoms with Crippen LogP contribution < -0.4 is 9.64 Å². The van der Waals surface area contributed by atoms with Crippen LogP contribution in [0.1, 0.15) is 30.4 Å². The molecule has 1 aliphatic rings. The molecule has 1 amide bonds. The zero-order valence-corrected chi connectivity index (χ0v) is 17.3. The number of hydrogen-bond donors (Lipinski definition) is 0. The van der Waals surface area contributed by atoms with Gasteiger partial charge < -0.3 is 14.4 Å². The Kier molecular flexibility index (Phi) is 5.70. The van der Waals surface area contributed by atoms with E-state index in [9.17, 15) is 9.59 Å². The third-order valence-corrected chi connectivity index (χ3v) is 5.67. The standard InChI is InChI=1S/C25H25NO4/c1-17(19-9-10-21-15-22(29-2)12-11-20(21)14-19)25(28)30-16-24(27)26-13-5-7-18-6-3-4-8-23(18)26/h3-4,6,8-12,14-15,17H,5,7,13,16H2,1-2H3. The van der Waals surface area contributed by atoms with Crippen molar-refractivity contribution < 1.29 is 19.1 Å². The molecule has 1 heterocycles. The molecule has 0 saturated heterocycles. The van der Waals surface area contributed by atoms with Gasteiger partial charge in [0.2, 0.25) is 0 Å². The van der Waals surface area contributed by atoms with Gasteiger partial charge in [-0.3, -0.25) is 9.59 Å². The van der Waals surface area contributed by atoms with Gasteiger partial charge in [0.05, 0.1) is 13.0 Å². The summed E-state index contributed by atoms with van der Waals surface area (Å²) in [5.74, 6) is -0.256. The van der Waals surface area contributed by atoms with Crippen LogP contribution in [0.5, 0.6) is 5.75 Å². The van der Waals surface area contributed by atoms with Gasteiger partial charge >= 0.3 is 5.97 Å². The Hall–Kier alpha value is -3.34. The van der Waals surface area contributed by atoms with Gasteiger partial charge in [-0.05, 0) is 59.9 Å². The lowest BCUT2D eigenvalue weighted by molar-refractivity contribution is -0.149. The summed E-state index contributed by atoms with van der Waals surface area (Å²) in [5.41, 5.74) is 2.93. The number of amides is 1. The van der Waals surface area contributed by atoms with E-state index in [0.29, 0.717) is 6.54 Å². The fourth-order valence-corrected chi connectivity index (χ4v) is 3.90. The summed E-state index contributed by atoms with van der Waals surface area (Å²) in [6.07, 6.45) is 1.87. The Balaban J connectivity index is 1.41. The number of aryl methyl sites for hydroxylation is 1. The summed E-state index contributed by atoms with van der Waals surface area (Å²) >= 11 is 0. The van der Waals surface area contributed by atoms with Gasteiger partial charge in [-0.1, -0.05) is 42.5 Å². The minimum absolute atomic E-state index is 0.187. The van der Waals surface area contributed by atoms with Crippen LogP contribution in [0.15, 0.2) is 60.7 Å². The molecule has 0 fully saturated rings. The van der Waals surface area contributed by atoms with E-state index in [1.165, 1.54) is 0 Å². The van der Waals surface area contributed by atoms with Crippen LogP contribution in [0.4, 0.5) is 5.69 Å². The predicted molar refractivity (Wildman–Crippen MR) is 117 cm³/mol. The van der Waals surface area contributed by atoms with Crippen molar-refractivity contribution in [3.8, 4) is 5.75 Å². The van der Waals surface area contributed by atoms with Gasteiger partial charge in [-0.2, -0.15) is 0 Å². The third kappa shape index (κ3) is 4.01. The molecule has 3 aromatic carbocycles. The maximum Gasteiger partial charge on any atom is 0.313 e. The smallest absolute Gasteiger partial charge is 0.313 e. The number of carbonyl (C=O) groups is 2. The van der Waals surface area contributed by atoms with Gasteiger partial charge in [0, 0.05) is 12.2 Å². The van der Waals surface area contributed by atoms with Crippen LogP contribution in [0.2, 0.25) is 0 Å². The number of benzene rings is 3. The first-order valence-corrected chi connectivity index (χ1v) is 10.2. The Bertz CT molecular complexity index is 1090. The molecule has 0 N–H and O–H groups in total. The highest BCUT2D eigenvalue weighted by Gasteiger charge is 2.24. The Morgan fingerprint density at radius 2 is 1.80 bits per heavy atom. The average molecular weight is 403 g/mol. The van der Waals surface area contributed by atoms with E-state index < -0.39 is 11.9 Å². The molecule has 0 aliphatic carbocycles. The van der Waals surface area contributed by atoms with E-state index in [-0.39, 0.29) is 12.5 Å². The number of esters is 1. The molecule has 1 aliphatic heterocycles. The zero-order valence-electron chi connectivity index (χ0n) is 17.3. The molecule has 4 rings (SSSR count). The van der Waals surface area contributed by atoms with Crippen LogP contribution in [-0.2, 0) is 20.7 Å². The number of rotatable bonds is 5. The lowest BCUT2D eigenvalue weighted by atomic mass is 9.98. The van der Waals surface area contributed by atoms with Crippen molar-refractivity contribution in [1.82, 2.24) is 0 Å². The van der Waals surface area contributed by atoms with Crippen molar-refractivity contribution in [2.75, 3.05) is 25.2 Å². The van der Waals surface area contributed by atoms with Crippen LogP contribution in [-0.4, -0.2) is 32.1 Å². The van der Waals surface area contributed by atoms with Gasteiger partial charge in [-0.15, -0.1) is 0 Å². The molecule has 0 saturated carbocycles. The largest absolute Gasteiger partial charge is 0.497 e. The highest BCUT2D eigenvalue weighted by molar-refractivity contribution is 5.96.